The van der Waals surface area contributed by atoms with Crippen molar-refractivity contribution in [2.75, 3.05) is 17.4 Å². The minimum absolute atomic E-state index is 0.0590. The second kappa shape index (κ2) is 13.8. The molecule has 0 saturated carbocycles. The van der Waals surface area contributed by atoms with Crippen LogP contribution >= 0.6 is 11.6 Å². The van der Waals surface area contributed by atoms with E-state index < -0.39 is 28.5 Å². The van der Waals surface area contributed by atoms with Gasteiger partial charge in [0.05, 0.1) is 10.6 Å². The number of amides is 2. The summed E-state index contributed by atoms with van der Waals surface area (Å²) in [5.41, 5.74) is 2.87. The normalized spacial score (nSPS) is 12.8. The highest BCUT2D eigenvalue weighted by Gasteiger charge is 2.33. The van der Waals surface area contributed by atoms with E-state index in [1.54, 1.807) is 44.2 Å². The van der Waals surface area contributed by atoms with Crippen LogP contribution in [0.5, 0.6) is 0 Å². The Morgan fingerprint density at radius 3 is 2.23 bits per heavy atom. The Hall–Kier alpha value is -3.36. The molecule has 0 aliphatic carbocycles. The van der Waals surface area contributed by atoms with Gasteiger partial charge in [-0.3, -0.25) is 13.9 Å². The molecule has 0 spiro atoms. The van der Waals surface area contributed by atoms with Crippen molar-refractivity contribution >= 4 is 39.1 Å². The second-order valence-electron chi connectivity index (χ2n) is 10.1. The van der Waals surface area contributed by atoms with Crippen molar-refractivity contribution in [3.63, 3.8) is 0 Å². The molecule has 0 unspecified atom stereocenters. The van der Waals surface area contributed by atoms with Crippen LogP contribution in [0.25, 0.3) is 0 Å². The summed E-state index contributed by atoms with van der Waals surface area (Å²) >= 11 is 6.28. The van der Waals surface area contributed by atoms with Gasteiger partial charge in [-0.05, 0) is 75.9 Å². The third-order valence-corrected chi connectivity index (χ3v) is 8.99. The first-order chi connectivity index (χ1) is 18.9. The lowest BCUT2D eigenvalue weighted by Crippen LogP contribution is -2.53. The lowest BCUT2D eigenvalue weighted by Gasteiger charge is -2.33. The van der Waals surface area contributed by atoms with E-state index in [9.17, 15) is 18.0 Å². The monoisotopic (exact) mass is 583 g/mol. The van der Waals surface area contributed by atoms with E-state index in [1.165, 1.54) is 17.0 Å². The Balaban J connectivity index is 2.01. The van der Waals surface area contributed by atoms with Crippen LogP contribution < -0.4 is 9.62 Å². The fourth-order valence-corrected chi connectivity index (χ4v) is 5.87. The van der Waals surface area contributed by atoms with E-state index in [-0.39, 0.29) is 23.4 Å². The minimum Gasteiger partial charge on any atom is -0.352 e. The molecule has 3 aromatic carbocycles. The number of nitrogens with one attached hydrogen (secondary N) is 1. The fraction of sp³-hybridized carbons (Fsp3) is 0.355. The van der Waals surface area contributed by atoms with Crippen LogP contribution in [0, 0.1) is 13.8 Å². The van der Waals surface area contributed by atoms with Gasteiger partial charge in [-0.15, -0.1) is 0 Å². The molecular weight excluding hydrogens is 546 g/mol. The molecule has 2 atom stereocenters. The summed E-state index contributed by atoms with van der Waals surface area (Å²) in [5.74, 6) is -0.777. The number of hydrogen-bond donors (Lipinski definition) is 1. The number of benzene rings is 3. The molecule has 3 aromatic rings. The Morgan fingerprint density at radius 2 is 1.60 bits per heavy atom. The molecule has 9 heteroatoms. The van der Waals surface area contributed by atoms with Gasteiger partial charge < -0.3 is 10.2 Å². The highest BCUT2D eigenvalue weighted by atomic mass is 35.5. The van der Waals surface area contributed by atoms with Gasteiger partial charge in [0.25, 0.3) is 10.0 Å². The van der Waals surface area contributed by atoms with Gasteiger partial charge in [0.2, 0.25) is 11.8 Å². The zero-order valence-corrected chi connectivity index (χ0v) is 25.3. The van der Waals surface area contributed by atoms with Crippen molar-refractivity contribution in [1.29, 1.82) is 0 Å². The predicted octanol–water partition coefficient (Wildman–Crippen LogP) is 5.53. The zero-order chi connectivity index (χ0) is 29.4. The van der Waals surface area contributed by atoms with Crippen molar-refractivity contribution < 1.29 is 18.0 Å². The van der Waals surface area contributed by atoms with E-state index in [1.807, 2.05) is 51.1 Å². The number of carbonyl (C=O) groups excluding carboxylic acids is 2. The number of aryl methyl sites for hydroxylation is 2. The molecular formula is C31H38ClN3O4S. The first-order valence-corrected chi connectivity index (χ1v) is 15.2. The molecule has 0 radical (unpaired) electrons. The van der Waals surface area contributed by atoms with Crippen molar-refractivity contribution in [1.82, 2.24) is 10.2 Å². The summed E-state index contributed by atoms with van der Waals surface area (Å²) in [6.45, 7) is 8.92. The average molecular weight is 584 g/mol. The van der Waals surface area contributed by atoms with Gasteiger partial charge in [-0.2, -0.15) is 0 Å². The van der Waals surface area contributed by atoms with E-state index >= 15 is 0 Å². The third-order valence-electron chi connectivity index (χ3n) is 6.98. The maximum Gasteiger partial charge on any atom is 0.264 e. The second-order valence-corrected chi connectivity index (χ2v) is 12.4. The molecule has 40 heavy (non-hydrogen) atoms. The molecule has 0 aliphatic rings. The molecule has 3 rings (SSSR count). The largest absolute Gasteiger partial charge is 0.352 e. The highest BCUT2D eigenvalue weighted by molar-refractivity contribution is 7.92. The number of hydrogen-bond acceptors (Lipinski definition) is 4. The predicted molar refractivity (Wildman–Crippen MR) is 161 cm³/mol. The standard InChI is InChI=1S/C31H38ClN3O4S/c1-6-24(4)33-31(37)25(5)34(19-18-26-10-8-7-9-11-26)30(36)21-35(29-20-27(32)15-14-23(29)3)40(38,39)28-16-12-22(2)13-17-28/h7-17,20,24-25H,6,18-19,21H2,1-5H3,(H,33,37)/t24-,25+/m1/s1. The quantitative estimate of drug-likeness (QED) is 0.304. The Bertz CT molecular complexity index is 1410. The minimum atomic E-state index is -4.15. The van der Waals surface area contributed by atoms with Crippen LogP contribution in [0.1, 0.15) is 43.9 Å². The van der Waals surface area contributed by atoms with Crippen molar-refractivity contribution in [2.45, 2.75) is 64.4 Å². The topological polar surface area (TPSA) is 86.8 Å². The zero-order valence-electron chi connectivity index (χ0n) is 23.7. The SMILES string of the molecule is CC[C@@H](C)NC(=O)[C@H](C)N(CCc1ccccc1)C(=O)CN(c1cc(Cl)ccc1C)S(=O)(=O)c1ccc(C)cc1. The summed E-state index contributed by atoms with van der Waals surface area (Å²) in [6, 6.07) is 20.2. The molecule has 0 aliphatic heterocycles. The summed E-state index contributed by atoms with van der Waals surface area (Å²) in [7, 11) is -4.15. The van der Waals surface area contributed by atoms with Gasteiger partial charge in [0.15, 0.2) is 0 Å². The Morgan fingerprint density at radius 1 is 0.950 bits per heavy atom. The van der Waals surface area contributed by atoms with Crippen LogP contribution in [0.4, 0.5) is 5.69 Å². The first-order valence-electron chi connectivity index (χ1n) is 13.4. The molecule has 1 N–H and O–H groups in total. The molecule has 0 saturated heterocycles. The van der Waals surface area contributed by atoms with Crippen molar-refractivity contribution in [3.8, 4) is 0 Å². The van der Waals surface area contributed by atoms with Crippen molar-refractivity contribution in [2.24, 2.45) is 0 Å². The van der Waals surface area contributed by atoms with Gasteiger partial charge in [0.1, 0.15) is 12.6 Å². The van der Waals surface area contributed by atoms with Gasteiger partial charge >= 0.3 is 0 Å². The van der Waals surface area contributed by atoms with Gasteiger partial charge in [0, 0.05) is 17.6 Å². The van der Waals surface area contributed by atoms with E-state index in [2.05, 4.69) is 5.32 Å². The number of carbonyl (C=O) groups is 2. The summed E-state index contributed by atoms with van der Waals surface area (Å²) in [6.07, 6.45) is 1.25. The van der Waals surface area contributed by atoms with Crippen LogP contribution in [-0.4, -0.2) is 50.3 Å². The maximum atomic E-state index is 14.0. The molecule has 0 fully saturated rings. The number of halogens is 1. The molecule has 0 bridgehead atoms. The molecule has 2 amide bonds. The molecule has 214 valence electrons. The van der Waals surface area contributed by atoms with Crippen molar-refractivity contribution in [3.05, 3.63) is 94.5 Å². The number of sulfonamides is 1. The van der Waals surface area contributed by atoms with E-state index in [0.29, 0.717) is 22.7 Å². The van der Waals surface area contributed by atoms with E-state index in [4.69, 9.17) is 11.6 Å². The number of rotatable bonds is 12. The fourth-order valence-electron chi connectivity index (χ4n) is 4.24. The average Bonchev–Trinajstić information content (AvgIpc) is 2.93. The molecule has 0 aromatic heterocycles. The summed E-state index contributed by atoms with van der Waals surface area (Å²) < 4.78 is 29.0. The Kier molecular flexibility index (Phi) is 10.8. The molecule has 0 heterocycles. The van der Waals surface area contributed by atoms with Crippen LogP contribution in [0.2, 0.25) is 5.02 Å². The number of anilines is 1. The first kappa shape index (κ1) is 31.2. The smallest absolute Gasteiger partial charge is 0.264 e. The third kappa shape index (κ3) is 7.86. The van der Waals surface area contributed by atoms with Crippen LogP contribution in [-0.2, 0) is 26.0 Å². The molecule has 7 nitrogen and oxygen atoms in total. The number of nitrogens with zero attached hydrogens (tertiary/aromatic N) is 2. The lowest BCUT2D eigenvalue weighted by molar-refractivity contribution is -0.139. The summed E-state index contributed by atoms with van der Waals surface area (Å²) in [5, 5.41) is 3.29. The Labute approximate surface area is 243 Å². The van der Waals surface area contributed by atoms with E-state index in [0.717, 1.165) is 21.9 Å². The van der Waals surface area contributed by atoms with Gasteiger partial charge in [-0.25, -0.2) is 8.42 Å². The van der Waals surface area contributed by atoms with Crippen LogP contribution in [0.15, 0.2) is 77.7 Å². The van der Waals surface area contributed by atoms with Crippen LogP contribution in [0.3, 0.4) is 0 Å². The summed E-state index contributed by atoms with van der Waals surface area (Å²) in [4.78, 5) is 28.6. The lowest BCUT2D eigenvalue weighted by atomic mass is 10.1. The highest BCUT2D eigenvalue weighted by Crippen LogP contribution is 2.30. The maximum absolute atomic E-state index is 14.0. The van der Waals surface area contributed by atoms with Gasteiger partial charge in [-0.1, -0.05) is 72.6 Å².